The lowest BCUT2D eigenvalue weighted by atomic mass is 9.85. The van der Waals surface area contributed by atoms with Crippen molar-refractivity contribution in [3.8, 4) is 0 Å². The lowest BCUT2D eigenvalue weighted by Gasteiger charge is -2.41. The van der Waals surface area contributed by atoms with Gasteiger partial charge in [0.2, 0.25) is 0 Å². The molecule has 0 radical (unpaired) electrons. The molecule has 0 aromatic heterocycles. The molecule has 1 aliphatic heterocycles. The van der Waals surface area contributed by atoms with Crippen LogP contribution in [0.1, 0.15) is 46.0 Å². The van der Waals surface area contributed by atoms with Crippen molar-refractivity contribution in [2.45, 2.75) is 64.1 Å². The van der Waals surface area contributed by atoms with E-state index in [4.69, 9.17) is 0 Å². The third kappa shape index (κ3) is 3.46. The summed E-state index contributed by atoms with van der Waals surface area (Å²) in [7, 11) is 2.22. The van der Waals surface area contributed by atoms with Gasteiger partial charge in [-0.2, -0.15) is 0 Å². The minimum Gasteiger partial charge on any atom is -0.393 e. The van der Waals surface area contributed by atoms with Crippen LogP contribution in [0.4, 0.5) is 0 Å². The Labute approximate surface area is 112 Å². The van der Waals surface area contributed by atoms with Crippen LogP contribution in [0.5, 0.6) is 0 Å². The molecule has 1 saturated heterocycles. The molecule has 18 heavy (non-hydrogen) atoms. The number of piperidine rings is 1. The Morgan fingerprint density at radius 2 is 1.94 bits per heavy atom. The first-order valence-electron chi connectivity index (χ1n) is 7.69. The van der Waals surface area contributed by atoms with Gasteiger partial charge in [-0.25, -0.2) is 0 Å². The highest BCUT2D eigenvalue weighted by Crippen LogP contribution is 2.25. The van der Waals surface area contributed by atoms with Crippen molar-refractivity contribution in [2.75, 3.05) is 20.1 Å². The van der Waals surface area contributed by atoms with Crippen molar-refractivity contribution < 1.29 is 5.11 Å². The molecule has 1 saturated carbocycles. The molecule has 2 aliphatic rings. The van der Waals surface area contributed by atoms with Crippen LogP contribution in [0.25, 0.3) is 0 Å². The van der Waals surface area contributed by atoms with Crippen LogP contribution in [-0.4, -0.2) is 48.3 Å². The maximum Gasteiger partial charge on any atom is 0.0580 e. The molecular formula is C15H30N2O. The Morgan fingerprint density at radius 1 is 1.22 bits per heavy atom. The summed E-state index contributed by atoms with van der Waals surface area (Å²) >= 11 is 0. The highest BCUT2D eigenvalue weighted by atomic mass is 16.3. The van der Waals surface area contributed by atoms with Crippen molar-refractivity contribution in [3.05, 3.63) is 0 Å². The monoisotopic (exact) mass is 254 g/mol. The fourth-order valence-corrected chi connectivity index (χ4v) is 3.55. The second-order valence-electron chi connectivity index (χ2n) is 6.63. The second-order valence-corrected chi connectivity index (χ2v) is 6.63. The maximum absolute atomic E-state index is 10.0. The molecule has 0 spiro atoms. The van der Waals surface area contributed by atoms with Gasteiger partial charge in [-0.05, 0) is 45.1 Å². The van der Waals surface area contributed by atoms with E-state index in [-0.39, 0.29) is 6.10 Å². The van der Waals surface area contributed by atoms with E-state index in [9.17, 15) is 5.11 Å². The highest BCUT2D eigenvalue weighted by molar-refractivity contribution is 4.87. The van der Waals surface area contributed by atoms with E-state index in [1.807, 2.05) is 0 Å². The molecule has 3 nitrogen and oxygen atoms in total. The summed E-state index contributed by atoms with van der Waals surface area (Å²) < 4.78 is 0. The molecule has 3 heteroatoms. The molecule has 0 aromatic rings. The molecule has 1 heterocycles. The van der Waals surface area contributed by atoms with Gasteiger partial charge in [-0.1, -0.05) is 19.8 Å². The number of aliphatic hydroxyl groups excluding tert-OH is 1. The van der Waals surface area contributed by atoms with Crippen LogP contribution < -0.4 is 5.32 Å². The number of hydrogen-bond donors (Lipinski definition) is 2. The van der Waals surface area contributed by atoms with Crippen molar-refractivity contribution in [1.82, 2.24) is 10.2 Å². The average molecular weight is 254 g/mol. The summed E-state index contributed by atoms with van der Waals surface area (Å²) in [6, 6.07) is 1.31. The van der Waals surface area contributed by atoms with Gasteiger partial charge in [0.25, 0.3) is 0 Å². The molecule has 2 N–H and O–H groups in total. The summed E-state index contributed by atoms with van der Waals surface area (Å²) in [5.74, 6) is 1.20. The van der Waals surface area contributed by atoms with E-state index in [0.717, 1.165) is 13.0 Å². The Hall–Kier alpha value is -0.120. The van der Waals surface area contributed by atoms with Gasteiger partial charge in [-0.15, -0.1) is 0 Å². The normalized spacial score (nSPS) is 43.0. The molecule has 0 bridgehead atoms. The average Bonchev–Trinajstić information content (AvgIpc) is 2.34. The highest BCUT2D eigenvalue weighted by Gasteiger charge is 2.30. The van der Waals surface area contributed by atoms with Crippen LogP contribution >= 0.6 is 0 Å². The number of hydrogen-bond acceptors (Lipinski definition) is 3. The fourth-order valence-electron chi connectivity index (χ4n) is 3.55. The van der Waals surface area contributed by atoms with E-state index in [1.54, 1.807) is 0 Å². The SMILES string of the molecule is CC1CN(C)C(C)CC1NCC1CCCCC1O. The predicted molar refractivity (Wildman–Crippen MR) is 75.6 cm³/mol. The molecule has 106 valence electrons. The van der Waals surface area contributed by atoms with E-state index < -0.39 is 0 Å². The third-order valence-electron chi connectivity index (χ3n) is 5.12. The Balaban J connectivity index is 1.78. The van der Waals surface area contributed by atoms with Crippen molar-refractivity contribution in [1.29, 1.82) is 0 Å². The van der Waals surface area contributed by atoms with E-state index in [2.05, 4.69) is 31.1 Å². The van der Waals surface area contributed by atoms with Crippen molar-refractivity contribution >= 4 is 0 Å². The minimum absolute atomic E-state index is 0.0646. The van der Waals surface area contributed by atoms with Crippen LogP contribution in [-0.2, 0) is 0 Å². The zero-order valence-corrected chi connectivity index (χ0v) is 12.2. The van der Waals surface area contributed by atoms with Gasteiger partial charge < -0.3 is 15.3 Å². The standard InChI is InChI=1S/C15H30N2O/c1-11-10-17(3)12(2)8-14(11)16-9-13-6-4-5-7-15(13)18/h11-16,18H,4-10H2,1-3H3. The molecule has 5 atom stereocenters. The van der Waals surface area contributed by atoms with Gasteiger partial charge in [0.05, 0.1) is 6.10 Å². The van der Waals surface area contributed by atoms with Crippen LogP contribution in [0.2, 0.25) is 0 Å². The van der Waals surface area contributed by atoms with Gasteiger partial charge in [0.15, 0.2) is 0 Å². The second kappa shape index (κ2) is 6.36. The van der Waals surface area contributed by atoms with Gasteiger partial charge in [-0.3, -0.25) is 0 Å². The quantitative estimate of drug-likeness (QED) is 0.807. The molecule has 5 unspecified atom stereocenters. The summed E-state index contributed by atoms with van der Waals surface area (Å²) in [4.78, 5) is 2.46. The van der Waals surface area contributed by atoms with Crippen molar-refractivity contribution in [3.63, 3.8) is 0 Å². The van der Waals surface area contributed by atoms with Gasteiger partial charge >= 0.3 is 0 Å². The van der Waals surface area contributed by atoms with E-state index in [0.29, 0.717) is 23.9 Å². The zero-order chi connectivity index (χ0) is 13.1. The molecule has 1 aliphatic carbocycles. The smallest absolute Gasteiger partial charge is 0.0580 e. The molecule has 0 amide bonds. The Kier molecular flexibility index (Phi) is 5.05. The van der Waals surface area contributed by atoms with E-state index >= 15 is 0 Å². The lowest BCUT2D eigenvalue weighted by molar-refractivity contribution is 0.0601. The molecule has 2 rings (SSSR count). The number of aliphatic hydroxyl groups is 1. The number of nitrogens with zero attached hydrogens (tertiary/aromatic N) is 1. The summed E-state index contributed by atoms with van der Waals surface area (Å²) in [5, 5.41) is 13.7. The Bertz CT molecular complexity index is 259. The summed E-state index contributed by atoms with van der Waals surface area (Å²) in [5.41, 5.74) is 0. The first-order valence-corrected chi connectivity index (χ1v) is 7.69. The molecule has 0 aromatic carbocycles. The van der Waals surface area contributed by atoms with Crippen LogP contribution in [0, 0.1) is 11.8 Å². The van der Waals surface area contributed by atoms with Crippen LogP contribution in [0.3, 0.4) is 0 Å². The zero-order valence-electron chi connectivity index (χ0n) is 12.2. The number of nitrogens with one attached hydrogen (secondary N) is 1. The molecular weight excluding hydrogens is 224 g/mol. The first kappa shape index (κ1) is 14.3. The maximum atomic E-state index is 10.0. The number of rotatable bonds is 3. The minimum atomic E-state index is -0.0646. The molecule has 2 fully saturated rings. The van der Waals surface area contributed by atoms with Crippen LogP contribution in [0.15, 0.2) is 0 Å². The van der Waals surface area contributed by atoms with Gasteiger partial charge in [0.1, 0.15) is 0 Å². The van der Waals surface area contributed by atoms with E-state index in [1.165, 1.54) is 32.2 Å². The topological polar surface area (TPSA) is 35.5 Å². The summed E-state index contributed by atoms with van der Waals surface area (Å²) in [6.07, 6.45) is 5.88. The van der Waals surface area contributed by atoms with Gasteiger partial charge in [0, 0.05) is 25.2 Å². The lowest BCUT2D eigenvalue weighted by Crippen LogP contribution is -2.52. The third-order valence-corrected chi connectivity index (χ3v) is 5.12. The largest absolute Gasteiger partial charge is 0.393 e. The fraction of sp³-hybridized carbons (Fsp3) is 1.00. The first-order chi connectivity index (χ1) is 8.58. The Morgan fingerprint density at radius 3 is 2.67 bits per heavy atom. The summed E-state index contributed by atoms with van der Waals surface area (Å²) in [6.45, 7) is 6.85. The van der Waals surface area contributed by atoms with Crippen molar-refractivity contribution in [2.24, 2.45) is 11.8 Å². The predicted octanol–water partition coefficient (Wildman–Crippen LogP) is 1.86. The number of likely N-dealkylation sites (tertiary alicyclic amines) is 1.